The molecule has 0 amide bonds. The molecule has 124 valence electrons. The molecule has 4 heteroatoms. The maximum Gasteiger partial charge on any atom is 0.266 e. The number of rotatable bonds is 5. The van der Waals surface area contributed by atoms with Crippen LogP contribution >= 0.6 is 0 Å². The van der Waals surface area contributed by atoms with E-state index >= 15 is 0 Å². The number of aromatic nitrogens is 2. The number of benzene rings is 1. The summed E-state index contributed by atoms with van der Waals surface area (Å²) in [6.45, 7) is 1.84. The van der Waals surface area contributed by atoms with Crippen LogP contribution in [0.25, 0.3) is 11.1 Å². The molecule has 0 atom stereocenters. The number of pyridine rings is 2. The van der Waals surface area contributed by atoms with Crippen molar-refractivity contribution >= 4 is 0 Å². The van der Waals surface area contributed by atoms with E-state index in [9.17, 15) is 4.79 Å². The van der Waals surface area contributed by atoms with Gasteiger partial charge in [0, 0.05) is 23.1 Å². The second kappa shape index (κ2) is 7.59. The lowest BCUT2D eigenvalue weighted by molar-refractivity contribution is 0.799. The van der Waals surface area contributed by atoms with Crippen LogP contribution in [0.5, 0.6) is 0 Å². The Balaban J connectivity index is 1.78. The van der Waals surface area contributed by atoms with E-state index in [1.165, 1.54) is 5.56 Å². The van der Waals surface area contributed by atoms with Gasteiger partial charge in [-0.25, -0.2) is 0 Å². The molecule has 0 radical (unpaired) electrons. The highest BCUT2D eigenvalue weighted by atomic mass is 16.1. The van der Waals surface area contributed by atoms with Crippen LogP contribution in [-0.2, 0) is 12.8 Å². The highest BCUT2D eigenvalue weighted by molar-refractivity contribution is 5.67. The number of hydrogen-bond donors (Lipinski definition) is 1. The fraction of sp³-hybridized carbons (Fsp3) is 0.190. The lowest BCUT2D eigenvalue weighted by Gasteiger charge is -2.08. The third kappa shape index (κ3) is 4.02. The van der Waals surface area contributed by atoms with Crippen LogP contribution in [0, 0.1) is 18.3 Å². The van der Waals surface area contributed by atoms with Crippen LogP contribution in [-0.4, -0.2) is 9.97 Å². The molecule has 0 fully saturated rings. The molecular formula is C21H19N3O. The predicted molar refractivity (Wildman–Crippen MR) is 98.2 cm³/mol. The second-order valence-corrected chi connectivity index (χ2v) is 6.04. The monoisotopic (exact) mass is 329 g/mol. The molecule has 1 N–H and O–H groups in total. The van der Waals surface area contributed by atoms with Crippen LogP contribution in [0.3, 0.4) is 0 Å². The normalized spacial score (nSPS) is 10.4. The minimum Gasteiger partial charge on any atom is -0.325 e. The standard InChI is InChI=1S/C21H19N3O/c1-15-20(13-18(14-22)21(25)24-15)17-10-11-23-19(12-17)9-5-8-16-6-3-2-4-7-16/h2-4,6-7,10-13H,5,8-9H2,1H3,(H,24,25). The van der Waals surface area contributed by atoms with E-state index in [2.05, 4.69) is 34.2 Å². The number of nitriles is 1. The summed E-state index contributed by atoms with van der Waals surface area (Å²) in [6.07, 6.45) is 4.71. The molecule has 0 aliphatic heterocycles. The van der Waals surface area contributed by atoms with E-state index in [0.717, 1.165) is 41.8 Å². The minimum absolute atomic E-state index is 0.128. The first kappa shape index (κ1) is 16.7. The lowest BCUT2D eigenvalue weighted by atomic mass is 10.0. The molecule has 25 heavy (non-hydrogen) atoms. The van der Waals surface area contributed by atoms with Crippen molar-refractivity contribution in [1.82, 2.24) is 9.97 Å². The average molecular weight is 329 g/mol. The van der Waals surface area contributed by atoms with Crippen LogP contribution in [0.15, 0.2) is 59.5 Å². The average Bonchev–Trinajstić information content (AvgIpc) is 2.63. The van der Waals surface area contributed by atoms with Crippen molar-refractivity contribution < 1.29 is 0 Å². The summed E-state index contributed by atoms with van der Waals surface area (Å²) in [5.74, 6) is 0. The Hall–Kier alpha value is -3.19. The fourth-order valence-corrected chi connectivity index (χ4v) is 2.91. The quantitative estimate of drug-likeness (QED) is 0.774. The van der Waals surface area contributed by atoms with Crippen molar-refractivity contribution in [2.24, 2.45) is 0 Å². The summed E-state index contributed by atoms with van der Waals surface area (Å²) in [6, 6.07) is 17.9. The van der Waals surface area contributed by atoms with Gasteiger partial charge in [0.15, 0.2) is 0 Å². The molecule has 2 heterocycles. The van der Waals surface area contributed by atoms with Gasteiger partial charge in [-0.05, 0) is 55.5 Å². The first-order valence-corrected chi connectivity index (χ1v) is 8.30. The maximum absolute atomic E-state index is 11.7. The van der Waals surface area contributed by atoms with E-state index in [4.69, 9.17) is 5.26 Å². The summed E-state index contributed by atoms with van der Waals surface area (Å²) in [5.41, 5.74) is 4.71. The highest BCUT2D eigenvalue weighted by Crippen LogP contribution is 2.22. The van der Waals surface area contributed by atoms with Gasteiger partial charge < -0.3 is 4.98 Å². The molecule has 0 aliphatic carbocycles. The van der Waals surface area contributed by atoms with Crippen LogP contribution in [0.2, 0.25) is 0 Å². The SMILES string of the molecule is Cc1[nH]c(=O)c(C#N)cc1-c1ccnc(CCCc2ccccc2)c1. The van der Waals surface area contributed by atoms with Gasteiger partial charge in [-0.15, -0.1) is 0 Å². The third-order valence-electron chi connectivity index (χ3n) is 4.23. The first-order valence-electron chi connectivity index (χ1n) is 8.30. The van der Waals surface area contributed by atoms with Gasteiger partial charge in [0.25, 0.3) is 5.56 Å². The van der Waals surface area contributed by atoms with E-state index in [0.29, 0.717) is 0 Å². The summed E-state index contributed by atoms with van der Waals surface area (Å²) >= 11 is 0. The van der Waals surface area contributed by atoms with Gasteiger partial charge in [-0.3, -0.25) is 9.78 Å². The maximum atomic E-state index is 11.7. The summed E-state index contributed by atoms with van der Waals surface area (Å²) in [5, 5.41) is 9.08. The van der Waals surface area contributed by atoms with Crippen molar-refractivity contribution in [3.8, 4) is 17.2 Å². The third-order valence-corrected chi connectivity index (χ3v) is 4.23. The Labute approximate surface area is 146 Å². The van der Waals surface area contributed by atoms with Gasteiger partial charge in [0.1, 0.15) is 11.6 Å². The zero-order valence-electron chi connectivity index (χ0n) is 14.1. The van der Waals surface area contributed by atoms with Crippen LogP contribution < -0.4 is 5.56 Å². The predicted octanol–water partition coefficient (Wildman–Crippen LogP) is 3.79. The van der Waals surface area contributed by atoms with Crippen molar-refractivity contribution in [2.75, 3.05) is 0 Å². The molecule has 4 nitrogen and oxygen atoms in total. The lowest BCUT2D eigenvalue weighted by Crippen LogP contribution is -2.12. The van der Waals surface area contributed by atoms with Gasteiger partial charge in [-0.1, -0.05) is 30.3 Å². The Morgan fingerprint density at radius 3 is 2.68 bits per heavy atom. The number of nitrogens with zero attached hydrogens (tertiary/aromatic N) is 2. The molecule has 0 unspecified atom stereocenters. The molecule has 3 aromatic rings. The van der Waals surface area contributed by atoms with E-state index in [1.807, 2.05) is 31.2 Å². The second-order valence-electron chi connectivity index (χ2n) is 6.04. The summed E-state index contributed by atoms with van der Waals surface area (Å²) < 4.78 is 0. The Kier molecular flexibility index (Phi) is 5.06. The molecule has 1 aromatic carbocycles. The van der Waals surface area contributed by atoms with Crippen molar-refractivity contribution in [1.29, 1.82) is 5.26 Å². The Morgan fingerprint density at radius 1 is 1.12 bits per heavy atom. The van der Waals surface area contributed by atoms with Gasteiger partial charge in [0.05, 0.1) is 0 Å². The molecule has 0 saturated heterocycles. The van der Waals surface area contributed by atoms with Crippen molar-refractivity contribution in [3.05, 3.63) is 87.6 Å². The zero-order valence-corrected chi connectivity index (χ0v) is 14.1. The van der Waals surface area contributed by atoms with E-state index in [-0.39, 0.29) is 11.1 Å². The van der Waals surface area contributed by atoms with Gasteiger partial charge in [0.2, 0.25) is 0 Å². The van der Waals surface area contributed by atoms with Crippen LogP contribution in [0.4, 0.5) is 0 Å². The summed E-state index contributed by atoms with van der Waals surface area (Å²) in [4.78, 5) is 18.9. The molecule has 0 aliphatic rings. The molecule has 0 bridgehead atoms. The van der Waals surface area contributed by atoms with Gasteiger partial charge in [-0.2, -0.15) is 5.26 Å². The Morgan fingerprint density at radius 2 is 1.92 bits per heavy atom. The molecular weight excluding hydrogens is 310 g/mol. The van der Waals surface area contributed by atoms with E-state index < -0.39 is 0 Å². The Bertz CT molecular complexity index is 968. The fourth-order valence-electron chi connectivity index (χ4n) is 2.91. The highest BCUT2D eigenvalue weighted by Gasteiger charge is 2.08. The largest absolute Gasteiger partial charge is 0.325 e. The number of H-pyrrole nitrogens is 1. The number of hydrogen-bond acceptors (Lipinski definition) is 3. The minimum atomic E-state index is -0.346. The molecule has 0 spiro atoms. The number of aryl methyl sites for hydroxylation is 3. The van der Waals surface area contributed by atoms with Gasteiger partial charge >= 0.3 is 0 Å². The molecule has 0 saturated carbocycles. The van der Waals surface area contributed by atoms with Crippen LogP contribution in [0.1, 0.15) is 28.9 Å². The van der Waals surface area contributed by atoms with E-state index in [1.54, 1.807) is 12.3 Å². The number of nitrogens with one attached hydrogen (secondary N) is 1. The topological polar surface area (TPSA) is 69.5 Å². The number of aromatic amines is 1. The van der Waals surface area contributed by atoms with Crippen molar-refractivity contribution in [2.45, 2.75) is 26.2 Å². The first-order chi connectivity index (χ1) is 12.2. The summed E-state index contributed by atoms with van der Waals surface area (Å²) in [7, 11) is 0. The molecule has 3 rings (SSSR count). The molecule has 2 aromatic heterocycles. The smallest absolute Gasteiger partial charge is 0.266 e. The zero-order chi connectivity index (χ0) is 17.6. The van der Waals surface area contributed by atoms with Crippen molar-refractivity contribution in [3.63, 3.8) is 0 Å².